The lowest BCUT2D eigenvalue weighted by molar-refractivity contribution is -0.137. The number of rotatable bonds is 3. The Hall–Kier alpha value is -1.82. The molecule has 0 saturated heterocycles. The Morgan fingerprint density at radius 3 is 2.24 bits per heavy atom. The van der Waals surface area contributed by atoms with Crippen LogP contribution in [-0.2, 0) is 17.4 Å². The number of anilines is 1. The average Bonchev–Trinajstić information content (AvgIpc) is 2.41. The molecule has 6 heteroatoms. The number of benzene rings is 2. The number of carbonyl (C=O) groups excluding carboxylic acids is 1. The van der Waals surface area contributed by atoms with Crippen molar-refractivity contribution in [2.75, 3.05) is 5.32 Å². The summed E-state index contributed by atoms with van der Waals surface area (Å²) in [6.45, 7) is 0. The van der Waals surface area contributed by atoms with Crippen molar-refractivity contribution in [2.24, 2.45) is 0 Å². The zero-order chi connectivity index (χ0) is 15.5. The van der Waals surface area contributed by atoms with Crippen molar-refractivity contribution in [3.63, 3.8) is 0 Å². The standard InChI is InChI=1S/C15H11BrF3NO/c16-12-3-1-2-4-13(12)20-14(21)9-10-5-7-11(8-6-10)15(17,18)19/h1-8H,9H2,(H,20,21). The largest absolute Gasteiger partial charge is 0.416 e. The van der Waals surface area contributed by atoms with E-state index in [-0.39, 0.29) is 12.3 Å². The van der Waals surface area contributed by atoms with Crippen LogP contribution in [0.3, 0.4) is 0 Å². The van der Waals surface area contributed by atoms with Gasteiger partial charge in [0.2, 0.25) is 5.91 Å². The van der Waals surface area contributed by atoms with Crippen LogP contribution in [-0.4, -0.2) is 5.91 Å². The van der Waals surface area contributed by atoms with Crippen LogP contribution in [0.2, 0.25) is 0 Å². The maximum absolute atomic E-state index is 12.4. The highest BCUT2D eigenvalue weighted by Crippen LogP contribution is 2.29. The molecule has 0 fully saturated rings. The number of hydrogen-bond acceptors (Lipinski definition) is 1. The summed E-state index contributed by atoms with van der Waals surface area (Å²) in [6.07, 6.45) is -4.35. The highest BCUT2D eigenvalue weighted by atomic mass is 79.9. The SMILES string of the molecule is O=C(Cc1ccc(C(F)(F)F)cc1)Nc1ccccc1Br. The summed E-state index contributed by atoms with van der Waals surface area (Å²) in [5, 5.41) is 2.70. The Morgan fingerprint density at radius 2 is 1.67 bits per heavy atom. The van der Waals surface area contributed by atoms with Gasteiger partial charge in [-0.2, -0.15) is 13.2 Å². The number of nitrogens with one attached hydrogen (secondary N) is 1. The predicted octanol–water partition coefficient (Wildman–Crippen LogP) is 4.65. The number of hydrogen-bond donors (Lipinski definition) is 1. The van der Waals surface area contributed by atoms with Crippen molar-refractivity contribution in [3.8, 4) is 0 Å². The molecule has 0 aliphatic rings. The Morgan fingerprint density at radius 1 is 1.05 bits per heavy atom. The minimum atomic E-state index is -4.37. The molecule has 0 atom stereocenters. The molecule has 0 aliphatic heterocycles. The van der Waals surface area contributed by atoms with Gasteiger partial charge in [-0.25, -0.2) is 0 Å². The molecule has 0 spiro atoms. The summed E-state index contributed by atoms with van der Waals surface area (Å²) in [6, 6.07) is 11.7. The van der Waals surface area contributed by atoms with Crippen LogP contribution in [0.25, 0.3) is 0 Å². The second kappa shape index (κ2) is 6.30. The van der Waals surface area contributed by atoms with E-state index in [9.17, 15) is 18.0 Å². The lowest BCUT2D eigenvalue weighted by Gasteiger charge is -2.09. The highest BCUT2D eigenvalue weighted by Gasteiger charge is 2.29. The molecular weight excluding hydrogens is 347 g/mol. The number of para-hydroxylation sites is 1. The molecule has 2 rings (SSSR count). The first-order valence-electron chi connectivity index (χ1n) is 6.07. The number of alkyl halides is 3. The number of carbonyl (C=O) groups is 1. The zero-order valence-corrected chi connectivity index (χ0v) is 12.3. The molecule has 0 aromatic heterocycles. The average molecular weight is 358 g/mol. The molecular formula is C15H11BrF3NO. The fourth-order valence-corrected chi connectivity index (χ4v) is 2.14. The monoisotopic (exact) mass is 357 g/mol. The molecule has 21 heavy (non-hydrogen) atoms. The molecule has 2 aromatic carbocycles. The van der Waals surface area contributed by atoms with Crippen molar-refractivity contribution in [1.29, 1.82) is 0 Å². The Labute approximate surface area is 128 Å². The van der Waals surface area contributed by atoms with E-state index < -0.39 is 11.7 Å². The van der Waals surface area contributed by atoms with Gasteiger partial charge in [-0.05, 0) is 45.8 Å². The molecule has 0 unspecified atom stereocenters. The molecule has 0 heterocycles. The van der Waals surface area contributed by atoms with Crippen molar-refractivity contribution in [2.45, 2.75) is 12.6 Å². The molecule has 1 N–H and O–H groups in total. The van der Waals surface area contributed by atoms with Crippen LogP contribution in [0.5, 0.6) is 0 Å². The third-order valence-corrected chi connectivity index (χ3v) is 3.49. The van der Waals surface area contributed by atoms with Crippen LogP contribution in [0.15, 0.2) is 53.0 Å². The van der Waals surface area contributed by atoms with E-state index >= 15 is 0 Å². The van der Waals surface area contributed by atoms with Gasteiger partial charge in [-0.1, -0.05) is 24.3 Å². The summed E-state index contributed by atoms with van der Waals surface area (Å²) in [4.78, 5) is 11.9. The lowest BCUT2D eigenvalue weighted by atomic mass is 10.1. The van der Waals surface area contributed by atoms with Gasteiger partial charge in [0, 0.05) is 4.47 Å². The fourth-order valence-electron chi connectivity index (χ4n) is 1.75. The van der Waals surface area contributed by atoms with E-state index in [2.05, 4.69) is 21.2 Å². The van der Waals surface area contributed by atoms with E-state index in [4.69, 9.17) is 0 Å². The van der Waals surface area contributed by atoms with E-state index in [1.165, 1.54) is 12.1 Å². The van der Waals surface area contributed by atoms with Crippen molar-refractivity contribution >= 4 is 27.5 Å². The Kier molecular flexibility index (Phi) is 4.67. The third-order valence-electron chi connectivity index (χ3n) is 2.79. The molecule has 0 radical (unpaired) electrons. The molecule has 110 valence electrons. The maximum atomic E-state index is 12.4. The predicted molar refractivity (Wildman–Crippen MR) is 77.9 cm³/mol. The van der Waals surface area contributed by atoms with Crippen LogP contribution < -0.4 is 5.32 Å². The second-order valence-electron chi connectivity index (χ2n) is 4.40. The first-order chi connectivity index (χ1) is 9.86. The van der Waals surface area contributed by atoms with Gasteiger partial charge in [0.05, 0.1) is 17.7 Å². The molecule has 0 bridgehead atoms. The number of halogens is 4. The quantitative estimate of drug-likeness (QED) is 0.850. The molecule has 2 aromatic rings. The summed E-state index contributed by atoms with van der Waals surface area (Å²) in [5.74, 6) is -0.290. The molecule has 0 saturated carbocycles. The third kappa shape index (κ3) is 4.32. The second-order valence-corrected chi connectivity index (χ2v) is 5.25. The Balaban J connectivity index is 2.02. The summed E-state index contributed by atoms with van der Waals surface area (Å²) in [7, 11) is 0. The van der Waals surface area contributed by atoms with Crippen LogP contribution in [0, 0.1) is 0 Å². The van der Waals surface area contributed by atoms with Crippen molar-refractivity contribution < 1.29 is 18.0 Å². The van der Waals surface area contributed by atoms with Crippen LogP contribution >= 0.6 is 15.9 Å². The molecule has 0 aliphatic carbocycles. The first-order valence-corrected chi connectivity index (χ1v) is 6.86. The van der Waals surface area contributed by atoms with E-state index in [0.29, 0.717) is 11.3 Å². The topological polar surface area (TPSA) is 29.1 Å². The van der Waals surface area contributed by atoms with Gasteiger partial charge in [0.25, 0.3) is 0 Å². The van der Waals surface area contributed by atoms with Crippen molar-refractivity contribution in [1.82, 2.24) is 0 Å². The highest BCUT2D eigenvalue weighted by molar-refractivity contribution is 9.10. The van der Waals surface area contributed by atoms with Gasteiger partial charge in [0.1, 0.15) is 0 Å². The number of amides is 1. The normalized spacial score (nSPS) is 11.2. The van der Waals surface area contributed by atoms with E-state index in [0.717, 1.165) is 16.6 Å². The first kappa shape index (κ1) is 15.6. The minimum Gasteiger partial charge on any atom is -0.325 e. The Bertz CT molecular complexity index is 638. The lowest BCUT2D eigenvalue weighted by Crippen LogP contribution is -2.15. The summed E-state index contributed by atoms with van der Waals surface area (Å²) >= 11 is 3.30. The van der Waals surface area contributed by atoms with E-state index in [1.807, 2.05) is 6.07 Å². The van der Waals surface area contributed by atoms with Crippen LogP contribution in [0.1, 0.15) is 11.1 Å². The van der Waals surface area contributed by atoms with Gasteiger partial charge in [-0.3, -0.25) is 4.79 Å². The van der Waals surface area contributed by atoms with E-state index in [1.54, 1.807) is 18.2 Å². The molecule has 2 nitrogen and oxygen atoms in total. The summed E-state index contributed by atoms with van der Waals surface area (Å²) < 4.78 is 38.0. The zero-order valence-electron chi connectivity index (χ0n) is 10.7. The molecule has 1 amide bonds. The fraction of sp³-hybridized carbons (Fsp3) is 0.133. The van der Waals surface area contributed by atoms with Gasteiger partial charge in [-0.15, -0.1) is 0 Å². The maximum Gasteiger partial charge on any atom is 0.416 e. The minimum absolute atomic E-state index is 0.0134. The smallest absolute Gasteiger partial charge is 0.325 e. The van der Waals surface area contributed by atoms with Gasteiger partial charge < -0.3 is 5.32 Å². The van der Waals surface area contributed by atoms with Crippen molar-refractivity contribution in [3.05, 3.63) is 64.1 Å². The summed E-state index contributed by atoms with van der Waals surface area (Å²) in [5.41, 5.74) is 0.416. The van der Waals surface area contributed by atoms with Crippen LogP contribution in [0.4, 0.5) is 18.9 Å². The van der Waals surface area contributed by atoms with Gasteiger partial charge >= 0.3 is 6.18 Å². The van der Waals surface area contributed by atoms with Gasteiger partial charge in [0.15, 0.2) is 0 Å².